The molecule has 3 rings (SSSR count). The molecule has 0 aliphatic carbocycles. The molecular weight excluding hydrogens is 270 g/mol. The summed E-state index contributed by atoms with van der Waals surface area (Å²) in [5.74, 6) is 1.21. The first-order chi connectivity index (χ1) is 10.0. The van der Waals surface area contributed by atoms with Crippen molar-refractivity contribution in [2.24, 2.45) is 0 Å². The van der Waals surface area contributed by atoms with Crippen molar-refractivity contribution in [1.82, 2.24) is 19.9 Å². The molecular formula is C14H15N5O2. The minimum Gasteiger partial charge on any atom is -0.507 e. The van der Waals surface area contributed by atoms with Gasteiger partial charge in [-0.2, -0.15) is 10.1 Å². The monoisotopic (exact) mass is 285 g/mol. The Labute approximate surface area is 121 Å². The largest absolute Gasteiger partial charge is 0.507 e. The molecule has 0 saturated heterocycles. The van der Waals surface area contributed by atoms with E-state index in [9.17, 15) is 5.11 Å². The summed E-state index contributed by atoms with van der Waals surface area (Å²) < 4.78 is 6.84. The Bertz CT molecular complexity index is 767. The van der Waals surface area contributed by atoms with Gasteiger partial charge in [0.1, 0.15) is 12.3 Å². The van der Waals surface area contributed by atoms with Gasteiger partial charge >= 0.3 is 0 Å². The number of nitrogen functional groups attached to an aromatic ring is 1. The van der Waals surface area contributed by atoms with Crippen molar-refractivity contribution in [2.75, 3.05) is 5.73 Å². The topological polar surface area (TPSA) is 103 Å². The Kier molecular flexibility index (Phi) is 3.09. The second kappa shape index (κ2) is 4.93. The van der Waals surface area contributed by atoms with Crippen LogP contribution in [0.5, 0.6) is 5.75 Å². The van der Waals surface area contributed by atoms with Crippen molar-refractivity contribution in [3.63, 3.8) is 0 Å². The van der Waals surface area contributed by atoms with Gasteiger partial charge in [-0.1, -0.05) is 5.16 Å². The Morgan fingerprint density at radius 1 is 1.29 bits per heavy atom. The van der Waals surface area contributed by atoms with E-state index in [1.165, 1.54) is 0 Å². The molecule has 0 bridgehead atoms. The first-order valence-electron chi connectivity index (χ1n) is 6.44. The molecule has 0 atom stereocenters. The minimum absolute atomic E-state index is 0.287. The summed E-state index contributed by atoms with van der Waals surface area (Å²) in [5, 5.41) is 17.8. The highest BCUT2D eigenvalue weighted by molar-refractivity contribution is 5.60. The van der Waals surface area contributed by atoms with E-state index >= 15 is 0 Å². The minimum atomic E-state index is 0.287. The summed E-state index contributed by atoms with van der Waals surface area (Å²) in [6, 6.07) is 3.64. The van der Waals surface area contributed by atoms with Crippen molar-refractivity contribution in [1.29, 1.82) is 0 Å². The van der Waals surface area contributed by atoms with Crippen LogP contribution in [-0.4, -0.2) is 25.0 Å². The molecule has 3 aromatic rings. The molecule has 2 aromatic heterocycles. The highest BCUT2D eigenvalue weighted by Crippen LogP contribution is 2.27. The second-order valence-corrected chi connectivity index (χ2v) is 4.94. The number of nitrogens with zero attached hydrogens (tertiary/aromatic N) is 4. The van der Waals surface area contributed by atoms with Crippen LogP contribution < -0.4 is 5.73 Å². The van der Waals surface area contributed by atoms with Gasteiger partial charge in [0.15, 0.2) is 0 Å². The van der Waals surface area contributed by atoms with E-state index in [0.29, 0.717) is 23.9 Å². The lowest BCUT2D eigenvalue weighted by atomic mass is 10.1. The van der Waals surface area contributed by atoms with Crippen LogP contribution in [0.15, 0.2) is 29.0 Å². The number of aromatic nitrogens is 4. The first-order valence-corrected chi connectivity index (χ1v) is 6.44. The van der Waals surface area contributed by atoms with Gasteiger partial charge in [-0.05, 0) is 37.1 Å². The lowest BCUT2D eigenvalue weighted by Gasteiger charge is -2.04. The van der Waals surface area contributed by atoms with Crippen LogP contribution in [0.3, 0.4) is 0 Å². The van der Waals surface area contributed by atoms with E-state index in [0.717, 1.165) is 16.7 Å². The van der Waals surface area contributed by atoms with E-state index in [4.69, 9.17) is 10.3 Å². The number of nitrogens with two attached hydrogens (primary N) is 1. The molecule has 1 aromatic carbocycles. The van der Waals surface area contributed by atoms with E-state index < -0.39 is 0 Å². The number of aryl methyl sites for hydroxylation is 2. The van der Waals surface area contributed by atoms with E-state index in [-0.39, 0.29) is 5.75 Å². The Balaban J connectivity index is 1.88. The molecule has 108 valence electrons. The molecule has 0 saturated carbocycles. The first kappa shape index (κ1) is 13.2. The third-order valence-electron chi connectivity index (χ3n) is 3.17. The van der Waals surface area contributed by atoms with Gasteiger partial charge in [0, 0.05) is 11.8 Å². The number of hydrogen-bond acceptors (Lipinski definition) is 6. The molecule has 3 N–H and O–H groups in total. The molecule has 7 nitrogen and oxygen atoms in total. The quantitative estimate of drug-likeness (QED) is 0.761. The van der Waals surface area contributed by atoms with E-state index in [1.807, 2.05) is 26.0 Å². The zero-order valence-electron chi connectivity index (χ0n) is 11.7. The van der Waals surface area contributed by atoms with Crippen LogP contribution in [0, 0.1) is 13.8 Å². The fourth-order valence-electron chi connectivity index (χ4n) is 2.13. The van der Waals surface area contributed by atoms with Gasteiger partial charge in [-0.25, -0.2) is 0 Å². The molecule has 0 spiro atoms. The molecule has 0 aliphatic heterocycles. The highest BCUT2D eigenvalue weighted by atomic mass is 16.5. The van der Waals surface area contributed by atoms with Gasteiger partial charge in [0.2, 0.25) is 11.7 Å². The van der Waals surface area contributed by atoms with E-state index in [2.05, 4.69) is 15.2 Å². The van der Waals surface area contributed by atoms with Crippen LogP contribution >= 0.6 is 0 Å². The third-order valence-corrected chi connectivity index (χ3v) is 3.17. The molecule has 21 heavy (non-hydrogen) atoms. The fraction of sp³-hybridized carbons (Fsp3) is 0.214. The lowest BCUT2D eigenvalue weighted by Crippen LogP contribution is -2.00. The predicted octanol–water partition coefficient (Wildman–Crippen LogP) is 1.89. The third kappa shape index (κ3) is 2.58. The van der Waals surface area contributed by atoms with Crippen molar-refractivity contribution >= 4 is 5.69 Å². The lowest BCUT2D eigenvalue weighted by molar-refractivity contribution is 0.366. The zero-order valence-corrected chi connectivity index (χ0v) is 11.7. The maximum Gasteiger partial charge on any atom is 0.248 e. The number of anilines is 1. The van der Waals surface area contributed by atoms with Crippen molar-refractivity contribution in [3.05, 3.63) is 41.5 Å². The normalized spacial score (nSPS) is 11.0. The van der Waals surface area contributed by atoms with Crippen molar-refractivity contribution < 1.29 is 9.63 Å². The van der Waals surface area contributed by atoms with Gasteiger partial charge in [0.05, 0.1) is 11.9 Å². The number of hydrogen-bond donors (Lipinski definition) is 2. The van der Waals surface area contributed by atoms with Gasteiger partial charge in [-0.3, -0.25) is 4.68 Å². The van der Waals surface area contributed by atoms with Crippen molar-refractivity contribution in [2.45, 2.75) is 20.4 Å². The van der Waals surface area contributed by atoms with Crippen LogP contribution in [-0.2, 0) is 6.54 Å². The second-order valence-electron chi connectivity index (χ2n) is 4.94. The average Bonchev–Trinajstić information content (AvgIpc) is 3.05. The Morgan fingerprint density at radius 2 is 2.00 bits per heavy atom. The average molecular weight is 285 g/mol. The fourth-order valence-corrected chi connectivity index (χ4v) is 2.13. The van der Waals surface area contributed by atoms with Gasteiger partial charge < -0.3 is 15.4 Å². The summed E-state index contributed by atoms with van der Waals surface area (Å²) in [4.78, 5) is 4.34. The number of benzene rings is 1. The predicted molar refractivity (Wildman–Crippen MR) is 76.6 cm³/mol. The smallest absolute Gasteiger partial charge is 0.248 e. The molecule has 7 heteroatoms. The number of rotatable bonds is 3. The standard InChI is InChI=1S/C14H15N5O2/c1-8-3-10(4-9(2)13(8)20)14-17-12(21-18-14)7-19-6-11(15)5-16-19/h3-6,20H,7,15H2,1-2H3. The molecule has 0 radical (unpaired) electrons. The number of phenols is 1. The number of phenolic OH excluding ortho intramolecular Hbond substituents is 1. The summed E-state index contributed by atoms with van der Waals surface area (Å²) in [6.07, 6.45) is 3.25. The molecule has 0 amide bonds. The van der Waals surface area contributed by atoms with Crippen molar-refractivity contribution in [3.8, 4) is 17.1 Å². The maximum absolute atomic E-state index is 9.79. The van der Waals surface area contributed by atoms with Crippen LogP contribution in [0.1, 0.15) is 17.0 Å². The maximum atomic E-state index is 9.79. The molecule has 0 unspecified atom stereocenters. The zero-order chi connectivity index (χ0) is 15.0. The number of aromatic hydroxyl groups is 1. The van der Waals surface area contributed by atoms with Crippen LogP contribution in [0.4, 0.5) is 5.69 Å². The summed E-state index contributed by atoms with van der Waals surface area (Å²) in [7, 11) is 0. The van der Waals surface area contributed by atoms with Gasteiger partial charge in [0.25, 0.3) is 0 Å². The van der Waals surface area contributed by atoms with E-state index in [1.54, 1.807) is 17.1 Å². The summed E-state index contributed by atoms with van der Waals surface area (Å²) >= 11 is 0. The molecule has 0 fully saturated rings. The Morgan fingerprint density at radius 3 is 2.62 bits per heavy atom. The summed E-state index contributed by atoms with van der Waals surface area (Å²) in [6.45, 7) is 4.03. The van der Waals surface area contributed by atoms with Gasteiger partial charge in [-0.15, -0.1) is 0 Å². The van der Waals surface area contributed by atoms with Crippen LogP contribution in [0.25, 0.3) is 11.4 Å². The SMILES string of the molecule is Cc1cc(-c2noc(Cn3cc(N)cn3)n2)cc(C)c1O. The highest BCUT2D eigenvalue weighted by Gasteiger charge is 2.12. The molecule has 0 aliphatic rings. The Hall–Kier alpha value is -2.83. The van der Waals surface area contributed by atoms with Crippen LogP contribution in [0.2, 0.25) is 0 Å². The summed E-state index contributed by atoms with van der Waals surface area (Å²) in [5.41, 5.74) is 8.54. The molecule has 2 heterocycles.